The summed E-state index contributed by atoms with van der Waals surface area (Å²) in [5.41, 5.74) is 1.35. The topological polar surface area (TPSA) is 103 Å². The van der Waals surface area contributed by atoms with E-state index in [-0.39, 0.29) is 11.8 Å². The zero-order chi connectivity index (χ0) is 15.4. The molecule has 2 aromatic rings. The molecule has 0 saturated carbocycles. The summed E-state index contributed by atoms with van der Waals surface area (Å²) in [6.07, 6.45) is 0. The lowest BCUT2D eigenvalue weighted by Crippen LogP contribution is -2.42. The van der Waals surface area contributed by atoms with Gasteiger partial charge < -0.3 is 20.1 Å². The van der Waals surface area contributed by atoms with Gasteiger partial charge in [-0.25, -0.2) is 9.78 Å². The van der Waals surface area contributed by atoms with E-state index in [1.54, 1.807) is 18.2 Å². The van der Waals surface area contributed by atoms with E-state index in [9.17, 15) is 9.90 Å². The summed E-state index contributed by atoms with van der Waals surface area (Å²) in [6, 6.07) is 4.48. The monoisotopic (exact) mass is 305 g/mol. The number of phenols is 1. The smallest absolute Gasteiger partial charge is 0.321 e. The number of nitrogens with one attached hydrogen (secondary N) is 3. The van der Waals surface area contributed by atoms with Crippen molar-refractivity contribution in [2.45, 2.75) is 0 Å². The number of phenolic OH excluding ortho intramolecular Hbond substituents is 1. The highest BCUT2D eigenvalue weighted by Gasteiger charge is 2.11. The molecule has 1 aromatic heterocycles. The predicted molar refractivity (Wildman–Crippen MR) is 82.0 cm³/mol. The Morgan fingerprint density at radius 3 is 3.05 bits per heavy atom. The second kappa shape index (κ2) is 6.63. The maximum absolute atomic E-state index is 11.8. The van der Waals surface area contributed by atoms with Crippen LogP contribution in [0.25, 0.3) is 11.0 Å². The second-order valence-corrected chi connectivity index (χ2v) is 5.12. The number of urea groups is 1. The molecule has 1 aliphatic heterocycles. The summed E-state index contributed by atoms with van der Waals surface area (Å²) in [5.74, 6) is 0.502. The van der Waals surface area contributed by atoms with Crippen molar-refractivity contribution < 1.29 is 14.6 Å². The Morgan fingerprint density at radius 2 is 2.23 bits per heavy atom. The van der Waals surface area contributed by atoms with Crippen LogP contribution >= 0.6 is 0 Å². The molecule has 8 nitrogen and oxygen atoms in total. The summed E-state index contributed by atoms with van der Waals surface area (Å²) in [6.45, 7) is 4.65. The Bertz CT molecular complexity index is 651. The maximum atomic E-state index is 11.8. The van der Waals surface area contributed by atoms with Gasteiger partial charge in [-0.2, -0.15) is 0 Å². The van der Waals surface area contributed by atoms with E-state index < -0.39 is 0 Å². The Hall–Kier alpha value is -2.32. The second-order valence-electron chi connectivity index (χ2n) is 5.12. The Kier molecular flexibility index (Phi) is 4.40. The quantitative estimate of drug-likeness (QED) is 0.666. The zero-order valence-corrected chi connectivity index (χ0v) is 12.1. The third kappa shape index (κ3) is 3.66. The number of hydrogen-bond donors (Lipinski definition) is 4. The molecule has 0 bridgehead atoms. The Morgan fingerprint density at radius 1 is 1.41 bits per heavy atom. The lowest BCUT2D eigenvalue weighted by atomic mass is 10.3. The first-order valence-electron chi connectivity index (χ1n) is 7.24. The molecule has 22 heavy (non-hydrogen) atoms. The highest BCUT2D eigenvalue weighted by Crippen LogP contribution is 2.19. The number of aromatic hydroxyl groups is 1. The van der Waals surface area contributed by atoms with E-state index in [0.29, 0.717) is 23.5 Å². The van der Waals surface area contributed by atoms with Gasteiger partial charge >= 0.3 is 6.03 Å². The number of carbonyl (C=O) groups excluding carboxylic acids is 1. The Balaban J connectivity index is 1.47. The average Bonchev–Trinajstić information content (AvgIpc) is 2.89. The third-order valence-electron chi connectivity index (χ3n) is 3.51. The van der Waals surface area contributed by atoms with Crippen molar-refractivity contribution in [3.8, 4) is 5.75 Å². The van der Waals surface area contributed by atoms with Gasteiger partial charge in [-0.3, -0.25) is 10.2 Å². The van der Waals surface area contributed by atoms with E-state index >= 15 is 0 Å². The van der Waals surface area contributed by atoms with Crippen LogP contribution in [0.3, 0.4) is 0 Å². The lowest BCUT2D eigenvalue weighted by Gasteiger charge is -2.26. The molecule has 4 N–H and O–H groups in total. The molecule has 3 rings (SSSR count). The van der Waals surface area contributed by atoms with E-state index in [4.69, 9.17) is 4.74 Å². The van der Waals surface area contributed by atoms with Crippen LogP contribution in [0.15, 0.2) is 18.2 Å². The van der Waals surface area contributed by atoms with Crippen LogP contribution in [0, 0.1) is 0 Å². The van der Waals surface area contributed by atoms with Crippen molar-refractivity contribution in [2.24, 2.45) is 0 Å². The van der Waals surface area contributed by atoms with Gasteiger partial charge in [0.05, 0.1) is 24.2 Å². The molecule has 0 aliphatic carbocycles. The van der Waals surface area contributed by atoms with Crippen LogP contribution < -0.4 is 10.6 Å². The number of nitrogens with zero attached hydrogens (tertiary/aromatic N) is 2. The van der Waals surface area contributed by atoms with Gasteiger partial charge in [-0.05, 0) is 12.1 Å². The number of fused-ring (bicyclic) bond motifs is 1. The number of aromatic nitrogens is 2. The number of amides is 2. The molecule has 1 fully saturated rings. The van der Waals surface area contributed by atoms with Crippen LogP contribution in [0.5, 0.6) is 5.75 Å². The van der Waals surface area contributed by atoms with Crippen molar-refractivity contribution in [1.82, 2.24) is 20.2 Å². The average molecular weight is 305 g/mol. The molecule has 2 amide bonds. The van der Waals surface area contributed by atoms with Gasteiger partial charge in [0.15, 0.2) is 0 Å². The first-order chi connectivity index (χ1) is 10.7. The number of carbonyl (C=O) groups is 1. The van der Waals surface area contributed by atoms with E-state index in [1.807, 2.05) is 0 Å². The number of aromatic amines is 1. The minimum atomic E-state index is -0.309. The van der Waals surface area contributed by atoms with E-state index in [2.05, 4.69) is 25.5 Å². The van der Waals surface area contributed by atoms with Crippen molar-refractivity contribution in [3.05, 3.63) is 18.2 Å². The normalized spacial score (nSPS) is 15.8. The fourth-order valence-electron chi connectivity index (χ4n) is 2.36. The first kappa shape index (κ1) is 14.6. The number of rotatable bonds is 4. The maximum Gasteiger partial charge on any atom is 0.321 e. The minimum absolute atomic E-state index is 0.151. The van der Waals surface area contributed by atoms with Crippen molar-refractivity contribution in [3.63, 3.8) is 0 Å². The van der Waals surface area contributed by atoms with Gasteiger partial charge in [-0.15, -0.1) is 0 Å². The number of ether oxygens (including phenoxy) is 1. The zero-order valence-electron chi connectivity index (χ0n) is 12.1. The van der Waals surface area contributed by atoms with E-state index in [1.165, 1.54) is 0 Å². The number of anilines is 1. The summed E-state index contributed by atoms with van der Waals surface area (Å²) in [5, 5.41) is 14.8. The number of H-pyrrole nitrogens is 1. The summed E-state index contributed by atoms with van der Waals surface area (Å²) in [4.78, 5) is 21.2. The molecule has 8 heteroatoms. The molecular formula is C14H19N5O3. The van der Waals surface area contributed by atoms with Crippen LogP contribution in [-0.2, 0) is 4.74 Å². The van der Waals surface area contributed by atoms with Crippen LogP contribution in [0.2, 0.25) is 0 Å². The highest BCUT2D eigenvalue weighted by atomic mass is 16.5. The largest absolute Gasteiger partial charge is 0.508 e. The number of hydrogen-bond acceptors (Lipinski definition) is 5. The number of benzene rings is 1. The Labute approximate surface area is 127 Å². The summed E-state index contributed by atoms with van der Waals surface area (Å²) >= 11 is 0. The fourth-order valence-corrected chi connectivity index (χ4v) is 2.36. The van der Waals surface area contributed by atoms with Crippen molar-refractivity contribution in [2.75, 3.05) is 44.7 Å². The van der Waals surface area contributed by atoms with Gasteiger partial charge in [0, 0.05) is 32.2 Å². The van der Waals surface area contributed by atoms with Crippen molar-refractivity contribution in [1.29, 1.82) is 0 Å². The van der Waals surface area contributed by atoms with Crippen LogP contribution in [0.4, 0.5) is 10.7 Å². The SMILES string of the molecule is O=C(NCCN1CCOCC1)Nc1nc2ccc(O)cc2[nH]1. The van der Waals surface area contributed by atoms with Crippen LogP contribution in [-0.4, -0.2) is 65.4 Å². The van der Waals surface area contributed by atoms with Gasteiger partial charge in [0.2, 0.25) is 5.95 Å². The standard InChI is InChI=1S/C14H19N5O3/c20-10-1-2-11-12(9-10)17-13(16-11)18-14(21)15-3-4-19-5-7-22-8-6-19/h1-2,9,20H,3-8H2,(H3,15,16,17,18,21). The lowest BCUT2D eigenvalue weighted by molar-refractivity contribution is 0.0388. The summed E-state index contributed by atoms with van der Waals surface area (Å²) < 4.78 is 5.27. The molecule has 118 valence electrons. The number of imidazole rings is 1. The van der Waals surface area contributed by atoms with E-state index in [0.717, 1.165) is 32.8 Å². The van der Waals surface area contributed by atoms with Gasteiger partial charge in [0.1, 0.15) is 5.75 Å². The predicted octanol–water partition coefficient (Wildman–Crippen LogP) is 0.722. The minimum Gasteiger partial charge on any atom is -0.508 e. The molecular weight excluding hydrogens is 286 g/mol. The van der Waals surface area contributed by atoms with Crippen molar-refractivity contribution >= 4 is 23.0 Å². The molecule has 1 saturated heterocycles. The highest BCUT2D eigenvalue weighted by molar-refractivity contribution is 5.89. The molecule has 0 radical (unpaired) electrons. The fraction of sp³-hybridized carbons (Fsp3) is 0.429. The number of morpholine rings is 1. The molecule has 0 unspecified atom stereocenters. The van der Waals surface area contributed by atoms with Gasteiger partial charge in [-0.1, -0.05) is 0 Å². The molecule has 1 aromatic carbocycles. The summed E-state index contributed by atoms with van der Waals surface area (Å²) in [7, 11) is 0. The van der Waals surface area contributed by atoms with Gasteiger partial charge in [0.25, 0.3) is 0 Å². The third-order valence-corrected chi connectivity index (χ3v) is 3.51. The molecule has 0 atom stereocenters. The molecule has 1 aliphatic rings. The molecule has 2 heterocycles. The first-order valence-corrected chi connectivity index (χ1v) is 7.24. The van der Waals surface area contributed by atoms with Crippen LogP contribution in [0.1, 0.15) is 0 Å². The molecule has 0 spiro atoms.